The molecule has 1 aromatic heterocycles. The second-order valence-corrected chi connectivity index (χ2v) is 6.07. The molecule has 1 aliphatic rings. The molecule has 5 heteroatoms. The third kappa shape index (κ3) is 3.22. The van der Waals surface area contributed by atoms with Gasteiger partial charge in [0.25, 0.3) is 0 Å². The van der Waals surface area contributed by atoms with E-state index in [4.69, 9.17) is 0 Å². The van der Waals surface area contributed by atoms with Gasteiger partial charge in [0.05, 0.1) is 18.1 Å². The molecule has 1 aliphatic heterocycles. The molecule has 0 bridgehead atoms. The van der Waals surface area contributed by atoms with E-state index in [1.54, 1.807) is 0 Å². The number of piperazine rings is 1. The quantitative estimate of drug-likeness (QED) is 0.873. The van der Waals surface area contributed by atoms with E-state index < -0.39 is 0 Å². The van der Waals surface area contributed by atoms with Gasteiger partial charge in [0.1, 0.15) is 0 Å². The first kappa shape index (κ1) is 15.5. The number of rotatable bonds is 5. The minimum atomic E-state index is 0.385. The highest BCUT2D eigenvalue weighted by atomic mass is 15.3. The lowest BCUT2D eigenvalue weighted by Crippen LogP contribution is -2.51. The molecule has 5 nitrogen and oxygen atoms in total. The van der Waals surface area contributed by atoms with Crippen LogP contribution in [0.4, 0.5) is 0 Å². The zero-order chi connectivity index (χ0) is 14.7. The van der Waals surface area contributed by atoms with Crippen molar-refractivity contribution in [3.8, 4) is 0 Å². The van der Waals surface area contributed by atoms with Crippen molar-refractivity contribution in [1.29, 1.82) is 0 Å². The Bertz CT molecular complexity index is 418. The van der Waals surface area contributed by atoms with Crippen LogP contribution < -0.4 is 5.32 Å². The summed E-state index contributed by atoms with van der Waals surface area (Å²) in [4.78, 5) is 9.76. The van der Waals surface area contributed by atoms with E-state index >= 15 is 0 Å². The van der Waals surface area contributed by atoms with Crippen LogP contribution >= 0.6 is 0 Å². The molecule has 0 aromatic carbocycles. The van der Waals surface area contributed by atoms with Crippen molar-refractivity contribution in [3.63, 3.8) is 0 Å². The van der Waals surface area contributed by atoms with Gasteiger partial charge in [-0.1, -0.05) is 0 Å². The number of hydrogen-bond acceptors (Lipinski definition) is 4. The number of likely N-dealkylation sites (N-methyl/N-ethyl adjacent to an activating group) is 1. The van der Waals surface area contributed by atoms with E-state index in [0.29, 0.717) is 12.1 Å². The summed E-state index contributed by atoms with van der Waals surface area (Å²) in [5, 5.41) is 3.33. The Balaban J connectivity index is 2.08. The molecule has 1 saturated heterocycles. The maximum absolute atomic E-state index is 4.63. The average Bonchev–Trinajstić information content (AvgIpc) is 2.77. The van der Waals surface area contributed by atoms with Crippen LogP contribution in [0.3, 0.4) is 0 Å². The lowest BCUT2D eigenvalue weighted by molar-refractivity contribution is 0.0765. The molecule has 1 fully saturated rings. The van der Waals surface area contributed by atoms with Gasteiger partial charge in [-0.25, -0.2) is 4.98 Å². The summed E-state index contributed by atoms with van der Waals surface area (Å²) in [6.07, 6.45) is 1.93. The maximum Gasteiger partial charge on any atom is 0.0949 e. The minimum Gasteiger partial charge on any atom is -0.338 e. The monoisotopic (exact) mass is 279 g/mol. The number of aryl methyl sites for hydroxylation is 1. The molecule has 0 radical (unpaired) electrons. The zero-order valence-corrected chi connectivity index (χ0v) is 13.6. The van der Waals surface area contributed by atoms with Crippen LogP contribution in [0.5, 0.6) is 0 Å². The first-order valence-corrected chi connectivity index (χ1v) is 7.65. The molecule has 114 valence electrons. The van der Waals surface area contributed by atoms with E-state index in [-0.39, 0.29) is 0 Å². The largest absolute Gasteiger partial charge is 0.338 e. The fourth-order valence-corrected chi connectivity index (χ4v) is 2.99. The molecular weight excluding hydrogens is 250 g/mol. The van der Waals surface area contributed by atoms with Crippen LogP contribution in [0.1, 0.15) is 31.3 Å². The van der Waals surface area contributed by atoms with Crippen LogP contribution in [0.25, 0.3) is 0 Å². The number of aromatic nitrogens is 2. The first-order chi connectivity index (χ1) is 9.54. The fourth-order valence-electron chi connectivity index (χ4n) is 2.99. The molecule has 0 spiro atoms. The SMILES string of the molecule is CNCC(c1ncn(C)c1C)N1CCN(C(C)C)CC1. The van der Waals surface area contributed by atoms with E-state index in [0.717, 1.165) is 32.7 Å². The van der Waals surface area contributed by atoms with E-state index in [1.165, 1.54) is 11.4 Å². The fraction of sp³-hybridized carbons (Fsp3) is 0.800. The van der Waals surface area contributed by atoms with Gasteiger partial charge in [-0.15, -0.1) is 0 Å². The van der Waals surface area contributed by atoms with Gasteiger partial charge in [-0.3, -0.25) is 9.80 Å². The molecule has 1 atom stereocenters. The molecule has 2 heterocycles. The molecule has 20 heavy (non-hydrogen) atoms. The van der Waals surface area contributed by atoms with Crippen LogP contribution in [0.2, 0.25) is 0 Å². The van der Waals surface area contributed by atoms with E-state index in [2.05, 4.69) is 52.5 Å². The Hall–Kier alpha value is -0.910. The summed E-state index contributed by atoms with van der Waals surface area (Å²) < 4.78 is 2.11. The maximum atomic E-state index is 4.63. The predicted molar refractivity (Wildman–Crippen MR) is 82.9 cm³/mol. The Kier molecular flexibility index (Phi) is 5.18. The average molecular weight is 279 g/mol. The summed E-state index contributed by atoms with van der Waals surface area (Å²) in [5.74, 6) is 0. The van der Waals surface area contributed by atoms with Gasteiger partial charge in [0.15, 0.2) is 0 Å². The lowest BCUT2D eigenvalue weighted by Gasteiger charge is -2.40. The van der Waals surface area contributed by atoms with Gasteiger partial charge in [-0.2, -0.15) is 0 Å². The third-order valence-electron chi connectivity index (χ3n) is 4.50. The second kappa shape index (κ2) is 6.70. The number of nitrogens with one attached hydrogen (secondary N) is 1. The van der Waals surface area contributed by atoms with Gasteiger partial charge in [0.2, 0.25) is 0 Å². The van der Waals surface area contributed by atoms with Crippen LogP contribution in [0.15, 0.2) is 6.33 Å². The van der Waals surface area contributed by atoms with Gasteiger partial charge < -0.3 is 9.88 Å². The molecule has 2 rings (SSSR count). The van der Waals surface area contributed by atoms with Crippen LogP contribution in [-0.2, 0) is 7.05 Å². The molecule has 1 aromatic rings. The van der Waals surface area contributed by atoms with Gasteiger partial charge in [0, 0.05) is 51.5 Å². The summed E-state index contributed by atoms with van der Waals surface area (Å²) in [5.41, 5.74) is 2.50. The normalized spacial score (nSPS) is 19.7. The number of nitrogens with zero attached hydrogens (tertiary/aromatic N) is 4. The highest BCUT2D eigenvalue weighted by Crippen LogP contribution is 2.23. The van der Waals surface area contributed by atoms with Crippen LogP contribution in [0, 0.1) is 6.92 Å². The number of imidazole rings is 1. The van der Waals surface area contributed by atoms with E-state index in [9.17, 15) is 0 Å². The summed E-state index contributed by atoms with van der Waals surface area (Å²) in [6, 6.07) is 1.03. The van der Waals surface area contributed by atoms with Crippen molar-refractivity contribution in [3.05, 3.63) is 17.7 Å². The Morgan fingerprint density at radius 3 is 2.25 bits per heavy atom. The minimum absolute atomic E-state index is 0.385. The topological polar surface area (TPSA) is 36.3 Å². The van der Waals surface area contributed by atoms with Gasteiger partial charge in [-0.05, 0) is 27.8 Å². The Labute approximate surface area is 123 Å². The van der Waals surface area contributed by atoms with Gasteiger partial charge >= 0.3 is 0 Å². The van der Waals surface area contributed by atoms with Crippen molar-refractivity contribution in [2.45, 2.75) is 32.9 Å². The molecule has 1 unspecified atom stereocenters. The van der Waals surface area contributed by atoms with Crippen molar-refractivity contribution in [1.82, 2.24) is 24.7 Å². The summed E-state index contributed by atoms with van der Waals surface area (Å²) in [7, 11) is 4.09. The Morgan fingerprint density at radius 1 is 1.20 bits per heavy atom. The molecular formula is C15H29N5. The zero-order valence-electron chi connectivity index (χ0n) is 13.6. The second-order valence-electron chi connectivity index (χ2n) is 6.07. The van der Waals surface area contributed by atoms with Crippen molar-refractivity contribution >= 4 is 0 Å². The standard InChI is InChI=1S/C15H29N5/c1-12(2)19-6-8-20(9-7-19)14(10-16-4)15-13(3)18(5)11-17-15/h11-12,14,16H,6-10H2,1-5H3. The number of hydrogen-bond donors (Lipinski definition) is 1. The summed E-state index contributed by atoms with van der Waals surface area (Å²) in [6.45, 7) is 12.2. The van der Waals surface area contributed by atoms with Crippen molar-refractivity contribution in [2.24, 2.45) is 7.05 Å². The predicted octanol–water partition coefficient (Wildman–Crippen LogP) is 1.02. The third-order valence-corrected chi connectivity index (χ3v) is 4.50. The first-order valence-electron chi connectivity index (χ1n) is 7.65. The molecule has 0 aliphatic carbocycles. The molecule has 1 N–H and O–H groups in total. The molecule has 0 amide bonds. The van der Waals surface area contributed by atoms with Crippen molar-refractivity contribution < 1.29 is 0 Å². The van der Waals surface area contributed by atoms with Crippen molar-refractivity contribution in [2.75, 3.05) is 39.8 Å². The molecule has 0 saturated carbocycles. The lowest BCUT2D eigenvalue weighted by atomic mass is 10.1. The highest BCUT2D eigenvalue weighted by molar-refractivity contribution is 5.16. The highest BCUT2D eigenvalue weighted by Gasteiger charge is 2.28. The smallest absolute Gasteiger partial charge is 0.0949 e. The summed E-state index contributed by atoms with van der Waals surface area (Å²) >= 11 is 0. The van der Waals surface area contributed by atoms with Crippen LogP contribution in [-0.4, -0.2) is 65.2 Å². The van der Waals surface area contributed by atoms with E-state index in [1.807, 2.05) is 13.4 Å². The Morgan fingerprint density at radius 2 is 1.80 bits per heavy atom.